The molecule has 1 aromatic rings. The molecule has 2 aliphatic rings. The van der Waals surface area contributed by atoms with Gasteiger partial charge in [-0.1, -0.05) is 13.3 Å². The molecule has 0 saturated heterocycles. The molecule has 18 heavy (non-hydrogen) atoms. The van der Waals surface area contributed by atoms with Gasteiger partial charge in [-0.25, -0.2) is 0 Å². The zero-order valence-corrected chi connectivity index (χ0v) is 11.5. The third-order valence-electron chi connectivity index (χ3n) is 5.08. The van der Waals surface area contributed by atoms with Gasteiger partial charge in [0.1, 0.15) is 0 Å². The number of aromatic nitrogens is 2. The van der Waals surface area contributed by atoms with Crippen LogP contribution in [-0.2, 0) is 13.5 Å². The van der Waals surface area contributed by atoms with Crippen LogP contribution in [0.1, 0.15) is 56.5 Å². The molecule has 4 unspecified atom stereocenters. The molecule has 0 spiro atoms. The van der Waals surface area contributed by atoms with E-state index < -0.39 is 0 Å². The van der Waals surface area contributed by atoms with Crippen molar-refractivity contribution in [1.82, 2.24) is 9.78 Å². The summed E-state index contributed by atoms with van der Waals surface area (Å²) in [7, 11) is 1.94. The minimum atomic E-state index is -0.327. The van der Waals surface area contributed by atoms with E-state index in [4.69, 9.17) is 0 Å². The first kappa shape index (κ1) is 12.2. The second kappa shape index (κ2) is 4.69. The molecular formula is C15H24N2O. The molecule has 0 radical (unpaired) electrons. The predicted molar refractivity (Wildman–Crippen MR) is 71.1 cm³/mol. The van der Waals surface area contributed by atoms with Crippen LogP contribution in [0.5, 0.6) is 0 Å². The molecule has 2 bridgehead atoms. The molecule has 4 atom stereocenters. The van der Waals surface area contributed by atoms with Gasteiger partial charge in [0.05, 0.1) is 17.5 Å². The Labute approximate surface area is 109 Å². The Morgan fingerprint density at radius 3 is 2.83 bits per heavy atom. The number of fused-ring (bicyclic) bond motifs is 2. The largest absolute Gasteiger partial charge is 0.387 e. The summed E-state index contributed by atoms with van der Waals surface area (Å²) >= 11 is 0. The SMILES string of the molecule is CCc1cc(C(O)CC2CC3CCC2C3)n(C)n1. The Kier molecular flexibility index (Phi) is 3.18. The molecule has 0 aliphatic heterocycles. The first-order valence-electron chi connectivity index (χ1n) is 7.38. The monoisotopic (exact) mass is 248 g/mol. The van der Waals surface area contributed by atoms with Gasteiger partial charge in [-0.3, -0.25) is 4.68 Å². The summed E-state index contributed by atoms with van der Waals surface area (Å²) in [6.45, 7) is 2.11. The number of rotatable bonds is 4. The first-order chi connectivity index (χ1) is 8.67. The minimum absolute atomic E-state index is 0.327. The van der Waals surface area contributed by atoms with Crippen molar-refractivity contribution in [2.45, 2.75) is 51.6 Å². The van der Waals surface area contributed by atoms with Crippen molar-refractivity contribution in [3.63, 3.8) is 0 Å². The predicted octanol–water partition coefficient (Wildman–Crippen LogP) is 2.84. The van der Waals surface area contributed by atoms with E-state index in [9.17, 15) is 5.11 Å². The Balaban J connectivity index is 1.67. The van der Waals surface area contributed by atoms with Crippen molar-refractivity contribution in [3.8, 4) is 0 Å². The highest BCUT2D eigenvalue weighted by Crippen LogP contribution is 2.50. The van der Waals surface area contributed by atoms with Crippen LogP contribution in [0, 0.1) is 17.8 Å². The summed E-state index contributed by atoms with van der Waals surface area (Å²) in [5.74, 6) is 2.60. The highest BCUT2D eigenvalue weighted by molar-refractivity contribution is 5.13. The number of aliphatic hydroxyl groups excluding tert-OH is 1. The fraction of sp³-hybridized carbons (Fsp3) is 0.800. The van der Waals surface area contributed by atoms with E-state index in [1.807, 2.05) is 11.7 Å². The lowest BCUT2D eigenvalue weighted by atomic mass is 9.84. The van der Waals surface area contributed by atoms with Crippen LogP contribution in [0.4, 0.5) is 0 Å². The summed E-state index contributed by atoms with van der Waals surface area (Å²) in [4.78, 5) is 0. The Bertz CT molecular complexity index is 426. The lowest BCUT2D eigenvalue weighted by molar-refractivity contribution is 0.118. The van der Waals surface area contributed by atoms with Crippen LogP contribution in [0.3, 0.4) is 0 Å². The molecule has 2 fully saturated rings. The van der Waals surface area contributed by atoms with E-state index in [1.165, 1.54) is 25.7 Å². The van der Waals surface area contributed by atoms with E-state index >= 15 is 0 Å². The lowest BCUT2D eigenvalue weighted by Crippen LogP contribution is -2.16. The number of hydrogen-bond donors (Lipinski definition) is 1. The fourth-order valence-corrected chi connectivity index (χ4v) is 4.10. The van der Waals surface area contributed by atoms with Crippen molar-refractivity contribution in [2.75, 3.05) is 0 Å². The molecule has 2 saturated carbocycles. The average molecular weight is 248 g/mol. The summed E-state index contributed by atoms with van der Waals surface area (Å²) in [6, 6.07) is 2.07. The van der Waals surface area contributed by atoms with Gasteiger partial charge in [0.25, 0.3) is 0 Å². The lowest BCUT2D eigenvalue weighted by Gasteiger charge is -2.24. The summed E-state index contributed by atoms with van der Waals surface area (Å²) in [5.41, 5.74) is 2.08. The topological polar surface area (TPSA) is 38.0 Å². The van der Waals surface area contributed by atoms with Crippen molar-refractivity contribution in [1.29, 1.82) is 0 Å². The number of hydrogen-bond acceptors (Lipinski definition) is 2. The molecule has 1 aromatic heterocycles. The maximum Gasteiger partial charge on any atom is 0.0959 e. The van der Waals surface area contributed by atoms with Crippen LogP contribution < -0.4 is 0 Å². The van der Waals surface area contributed by atoms with E-state index in [0.717, 1.165) is 42.0 Å². The van der Waals surface area contributed by atoms with Gasteiger partial charge in [-0.15, -0.1) is 0 Å². The summed E-state index contributed by atoms with van der Waals surface area (Å²) < 4.78 is 1.86. The van der Waals surface area contributed by atoms with Gasteiger partial charge in [0, 0.05) is 7.05 Å². The molecule has 3 rings (SSSR count). The molecular weight excluding hydrogens is 224 g/mol. The Morgan fingerprint density at radius 2 is 2.28 bits per heavy atom. The standard InChI is InChI=1S/C15H24N2O/c1-3-13-9-14(17(2)16-13)15(18)8-12-7-10-4-5-11(12)6-10/h9-12,15,18H,3-8H2,1-2H3. The summed E-state index contributed by atoms with van der Waals surface area (Å²) in [6.07, 6.45) is 7.14. The molecule has 3 heteroatoms. The van der Waals surface area contributed by atoms with Crippen molar-refractivity contribution in [2.24, 2.45) is 24.8 Å². The van der Waals surface area contributed by atoms with Crippen molar-refractivity contribution < 1.29 is 5.11 Å². The van der Waals surface area contributed by atoms with Gasteiger partial charge in [0.2, 0.25) is 0 Å². The van der Waals surface area contributed by atoms with Gasteiger partial charge >= 0.3 is 0 Å². The number of aryl methyl sites for hydroxylation is 2. The quantitative estimate of drug-likeness (QED) is 0.889. The second-order valence-electron chi connectivity index (χ2n) is 6.22. The molecule has 2 aliphatic carbocycles. The van der Waals surface area contributed by atoms with Crippen molar-refractivity contribution >= 4 is 0 Å². The molecule has 1 N–H and O–H groups in total. The minimum Gasteiger partial charge on any atom is -0.387 e. The first-order valence-corrected chi connectivity index (χ1v) is 7.38. The average Bonchev–Trinajstić information content (AvgIpc) is 3.03. The number of nitrogens with zero attached hydrogens (tertiary/aromatic N) is 2. The van der Waals surface area contributed by atoms with Gasteiger partial charge < -0.3 is 5.11 Å². The molecule has 3 nitrogen and oxygen atoms in total. The normalized spacial score (nSPS) is 32.1. The van der Waals surface area contributed by atoms with Crippen molar-refractivity contribution in [3.05, 3.63) is 17.5 Å². The third kappa shape index (κ3) is 2.09. The maximum absolute atomic E-state index is 10.4. The molecule has 100 valence electrons. The van der Waals surface area contributed by atoms with Gasteiger partial charge in [0.15, 0.2) is 0 Å². The van der Waals surface area contributed by atoms with E-state index in [1.54, 1.807) is 0 Å². The zero-order valence-electron chi connectivity index (χ0n) is 11.5. The van der Waals surface area contributed by atoms with Crippen LogP contribution in [0.15, 0.2) is 6.07 Å². The fourth-order valence-electron chi connectivity index (χ4n) is 4.10. The van der Waals surface area contributed by atoms with E-state index in [0.29, 0.717) is 0 Å². The molecule has 0 amide bonds. The second-order valence-corrected chi connectivity index (χ2v) is 6.22. The maximum atomic E-state index is 10.4. The third-order valence-corrected chi connectivity index (χ3v) is 5.08. The van der Waals surface area contributed by atoms with Gasteiger partial charge in [-0.2, -0.15) is 5.10 Å². The summed E-state index contributed by atoms with van der Waals surface area (Å²) in [5, 5.41) is 14.9. The van der Waals surface area contributed by atoms with E-state index in [-0.39, 0.29) is 6.10 Å². The Morgan fingerprint density at radius 1 is 1.44 bits per heavy atom. The zero-order chi connectivity index (χ0) is 12.7. The Hall–Kier alpha value is -0.830. The number of aliphatic hydroxyl groups is 1. The highest BCUT2D eigenvalue weighted by Gasteiger charge is 2.40. The molecule has 1 heterocycles. The van der Waals surface area contributed by atoms with Crippen LogP contribution in [-0.4, -0.2) is 14.9 Å². The van der Waals surface area contributed by atoms with Crippen LogP contribution >= 0.6 is 0 Å². The van der Waals surface area contributed by atoms with E-state index in [2.05, 4.69) is 18.1 Å². The van der Waals surface area contributed by atoms with Crippen LogP contribution in [0.2, 0.25) is 0 Å². The molecule has 0 aromatic carbocycles. The van der Waals surface area contributed by atoms with Gasteiger partial charge in [-0.05, 0) is 55.9 Å². The smallest absolute Gasteiger partial charge is 0.0959 e. The van der Waals surface area contributed by atoms with Crippen LogP contribution in [0.25, 0.3) is 0 Å². The highest BCUT2D eigenvalue weighted by atomic mass is 16.3.